The second-order valence-electron chi connectivity index (χ2n) is 8.01. The van der Waals surface area contributed by atoms with Crippen LogP contribution in [-0.4, -0.2) is 25.4 Å². The van der Waals surface area contributed by atoms with E-state index in [0.717, 1.165) is 19.3 Å². The van der Waals surface area contributed by atoms with Crippen LogP contribution >= 0.6 is 15.9 Å². The molecule has 0 atom stereocenters. The highest BCUT2D eigenvalue weighted by atomic mass is 79.9. The van der Waals surface area contributed by atoms with E-state index in [4.69, 9.17) is 13.9 Å². The van der Waals surface area contributed by atoms with Gasteiger partial charge in [0.2, 0.25) is 5.78 Å². The van der Waals surface area contributed by atoms with Crippen molar-refractivity contribution >= 4 is 44.3 Å². The lowest BCUT2D eigenvalue weighted by Gasteiger charge is -2.09. The van der Waals surface area contributed by atoms with Crippen LogP contribution in [0.25, 0.3) is 11.0 Å². The molecule has 0 aliphatic carbocycles. The molecule has 4 rings (SSSR count). The average molecular weight is 536 g/mol. The molecule has 0 aliphatic rings. The molecule has 0 aliphatic heterocycles. The summed E-state index contributed by atoms with van der Waals surface area (Å²) in [6.45, 7) is 2.79. The van der Waals surface area contributed by atoms with Crippen molar-refractivity contribution in [2.45, 2.75) is 26.2 Å². The summed E-state index contributed by atoms with van der Waals surface area (Å²) in [4.78, 5) is 26.5. The summed E-state index contributed by atoms with van der Waals surface area (Å²) in [7, 11) is 1.56. The van der Waals surface area contributed by atoms with E-state index >= 15 is 0 Å². The number of methoxy groups -OCH3 is 1. The van der Waals surface area contributed by atoms with Gasteiger partial charge in [-0.1, -0.05) is 31.9 Å². The molecular formula is C28H26BrNO5. The molecule has 7 heteroatoms. The second-order valence-corrected chi connectivity index (χ2v) is 8.87. The number of carbonyl (C=O) groups excluding carboxylic acids is 2. The third-order valence-corrected chi connectivity index (χ3v) is 6.21. The molecule has 0 saturated heterocycles. The molecule has 0 radical (unpaired) electrons. The van der Waals surface area contributed by atoms with Crippen LogP contribution in [0.4, 0.5) is 5.69 Å². The molecule has 180 valence electrons. The minimum atomic E-state index is -0.351. The van der Waals surface area contributed by atoms with Crippen molar-refractivity contribution in [2.24, 2.45) is 0 Å². The first-order valence-corrected chi connectivity index (χ1v) is 12.2. The topological polar surface area (TPSA) is 77.8 Å². The van der Waals surface area contributed by atoms with Crippen LogP contribution in [0.2, 0.25) is 0 Å². The lowest BCUT2D eigenvalue weighted by Crippen LogP contribution is -2.14. The van der Waals surface area contributed by atoms with Crippen LogP contribution in [0, 0.1) is 0 Å². The second kappa shape index (κ2) is 11.2. The summed E-state index contributed by atoms with van der Waals surface area (Å²) in [5.74, 6) is 0.687. The van der Waals surface area contributed by atoms with Gasteiger partial charge in [0.25, 0.3) is 5.91 Å². The third kappa shape index (κ3) is 5.57. The SMILES string of the molecule is CCCCCOc1ccc(C(=O)Nc2c(C(=O)c3ccc(OC)c(Br)c3)oc3ccccc23)cc1. The van der Waals surface area contributed by atoms with Crippen LogP contribution in [0.15, 0.2) is 75.6 Å². The zero-order valence-electron chi connectivity index (χ0n) is 19.6. The molecule has 1 aromatic heterocycles. The Hall–Kier alpha value is -3.58. The molecule has 6 nitrogen and oxygen atoms in total. The lowest BCUT2D eigenvalue weighted by molar-refractivity contribution is 0.101. The van der Waals surface area contributed by atoms with E-state index in [1.54, 1.807) is 55.6 Å². The van der Waals surface area contributed by atoms with Crippen LogP contribution in [-0.2, 0) is 0 Å². The quantitative estimate of drug-likeness (QED) is 0.171. The Balaban J connectivity index is 1.59. The number of ether oxygens (including phenoxy) is 2. The van der Waals surface area contributed by atoms with Gasteiger partial charge in [0.15, 0.2) is 5.76 Å². The van der Waals surface area contributed by atoms with Gasteiger partial charge in [-0.25, -0.2) is 0 Å². The Bertz CT molecular complexity index is 1340. The summed E-state index contributed by atoms with van der Waals surface area (Å²) < 4.78 is 17.5. The molecule has 0 fully saturated rings. The Kier molecular flexibility index (Phi) is 7.87. The first kappa shape index (κ1) is 24.5. The average Bonchev–Trinajstić information content (AvgIpc) is 3.24. The number of nitrogens with one attached hydrogen (secondary N) is 1. The first-order valence-electron chi connectivity index (χ1n) is 11.5. The molecule has 1 amide bonds. The highest BCUT2D eigenvalue weighted by Crippen LogP contribution is 2.34. The number of unbranched alkanes of at least 4 members (excludes halogenated alkanes) is 2. The molecule has 1 heterocycles. The fourth-order valence-electron chi connectivity index (χ4n) is 3.70. The molecule has 35 heavy (non-hydrogen) atoms. The number of halogens is 1. The van der Waals surface area contributed by atoms with E-state index in [9.17, 15) is 9.59 Å². The summed E-state index contributed by atoms with van der Waals surface area (Å²) in [6.07, 6.45) is 3.24. The van der Waals surface area contributed by atoms with E-state index in [1.165, 1.54) is 0 Å². The summed E-state index contributed by atoms with van der Waals surface area (Å²) >= 11 is 3.41. The van der Waals surface area contributed by atoms with Gasteiger partial charge < -0.3 is 19.2 Å². The van der Waals surface area contributed by atoms with Gasteiger partial charge in [0, 0.05) is 16.5 Å². The van der Waals surface area contributed by atoms with Gasteiger partial charge in [-0.2, -0.15) is 0 Å². The van der Waals surface area contributed by atoms with Gasteiger partial charge in [-0.05, 0) is 76.9 Å². The largest absolute Gasteiger partial charge is 0.496 e. The Labute approximate surface area is 212 Å². The normalized spacial score (nSPS) is 10.8. The van der Waals surface area contributed by atoms with E-state index in [-0.39, 0.29) is 17.5 Å². The maximum atomic E-state index is 13.4. The molecular weight excluding hydrogens is 510 g/mol. The number of carbonyl (C=O) groups is 2. The van der Waals surface area contributed by atoms with Crippen LogP contribution in [0.3, 0.4) is 0 Å². The van der Waals surface area contributed by atoms with E-state index in [2.05, 4.69) is 28.2 Å². The van der Waals surface area contributed by atoms with Crippen molar-refractivity contribution in [3.05, 3.63) is 88.1 Å². The number of amides is 1. The monoisotopic (exact) mass is 535 g/mol. The van der Waals surface area contributed by atoms with Crippen molar-refractivity contribution in [3.8, 4) is 11.5 Å². The van der Waals surface area contributed by atoms with Gasteiger partial charge in [-0.15, -0.1) is 0 Å². The van der Waals surface area contributed by atoms with Crippen molar-refractivity contribution in [3.63, 3.8) is 0 Å². The Morgan fingerprint density at radius 2 is 1.71 bits per heavy atom. The molecule has 0 spiro atoms. The van der Waals surface area contributed by atoms with Gasteiger partial charge in [0.1, 0.15) is 17.1 Å². The van der Waals surface area contributed by atoms with Crippen molar-refractivity contribution in [1.82, 2.24) is 0 Å². The standard InChI is InChI=1S/C28H26BrNO5/c1-3-4-7-16-34-20-13-10-18(11-14-20)28(32)30-25-21-8-5-6-9-23(21)35-27(25)26(31)19-12-15-24(33-2)22(29)17-19/h5-6,8-15,17H,3-4,7,16H2,1-2H3,(H,30,32). The molecule has 0 unspecified atom stereocenters. The zero-order valence-corrected chi connectivity index (χ0v) is 21.2. The number of para-hydroxylation sites is 1. The number of hydrogen-bond acceptors (Lipinski definition) is 5. The number of ketones is 1. The number of furan rings is 1. The summed E-state index contributed by atoms with van der Waals surface area (Å²) in [6, 6.07) is 19.2. The van der Waals surface area contributed by atoms with Crippen molar-refractivity contribution in [1.29, 1.82) is 0 Å². The highest BCUT2D eigenvalue weighted by Gasteiger charge is 2.24. The molecule has 4 aromatic rings. The molecule has 1 N–H and O–H groups in total. The zero-order chi connectivity index (χ0) is 24.8. The number of anilines is 1. The lowest BCUT2D eigenvalue weighted by atomic mass is 10.1. The van der Waals surface area contributed by atoms with Gasteiger partial charge in [0.05, 0.1) is 23.9 Å². The first-order chi connectivity index (χ1) is 17.0. The van der Waals surface area contributed by atoms with E-state index < -0.39 is 0 Å². The fourth-order valence-corrected chi connectivity index (χ4v) is 4.24. The predicted octanol–water partition coefficient (Wildman–Crippen LogP) is 7.26. The molecule has 0 bridgehead atoms. The van der Waals surface area contributed by atoms with Gasteiger partial charge >= 0.3 is 0 Å². The maximum Gasteiger partial charge on any atom is 0.255 e. The van der Waals surface area contributed by atoms with Crippen LogP contribution in [0.1, 0.15) is 52.7 Å². The number of rotatable bonds is 10. The molecule has 3 aromatic carbocycles. The maximum absolute atomic E-state index is 13.4. The highest BCUT2D eigenvalue weighted by molar-refractivity contribution is 9.10. The summed E-state index contributed by atoms with van der Waals surface area (Å²) in [5, 5.41) is 3.53. The predicted molar refractivity (Wildman–Crippen MR) is 140 cm³/mol. The van der Waals surface area contributed by atoms with Crippen molar-refractivity contribution in [2.75, 3.05) is 19.0 Å². The minimum Gasteiger partial charge on any atom is -0.496 e. The Morgan fingerprint density at radius 1 is 0.971 bits per heavy atom. The summed E-state index contributed by atoms with van der Waals surface area (Å²) in [5.41, 5.74) is 1.69. The van der Waals surface area contributed by atoms with Crippen LogP contribution < -0.4 is 14.8 Å². The van der Waals surface area contributed by atoms with E-state index in [0.29, 0.717) is 50.4 Å². The van der Waals surface area contributed by atoms with Gasteiger partial charge in [-0.3, -0.25) is 9.59 Å². The number of benzene rings is 3. The fraction of sp³-hybridized carbons (Fsp3) is 0.214. The smallest absolute Gasteiger partial charge is 0.255 e. The number of fused-ring (bicyclic) bond motifs is 1. The third-order valence-electron chi connectivity index (χ3n) is 5.59. The van der Waals surface area contributed by atoms with E-state index in [1.807, 2.05) is 18.2 Å². The number of hydrogen-bond donors (Lipinski definition) is 1. The Morgan fingerprint density at radius 3 is 2.43 bits per heavy atom. The van der Waals surface area contributed by atoms with Crippen molar-refractivity contribution < 1.29 is 23.5 Å². The minimum absolute atomic E-state index is 0.0625. The molecule has 0 saturated carbocycles. The van der Waals surface area contributed by atoms with Crippen LogP contribution in [0.5, 0.6) is 11.5 Å².